The molecule has 0 atom stereocenters. The molecule has 0 spiro atoms. The van der Waals surface area contributed by atoms with E-state index in [0.29, 0.717) is 18.6 Å². The highest BCUT2D eigenvalue weighted by Gasteiger charge is 2.23. The third-order valence-electron chi connectivity index (χ3n) is 4.59. The number of aryl methyl sites for hydroxylation is 2. The second-order valence-electron chi connectivity index (χ2n) is 6.03. The van der Waals surface area contributed by atoms with Crippen molar-refractivity contribution in [3.63, 3.8) is 0 Å². The van der Waals surface area contributed by atoms with Crippen LogP contribution in [0.15, 0.2) is 35.4 Å². The Labute approximate surface area is 134 Å². The summed E-state index contributed by atoms with van der Waals surface area (Å²) in [6.45, 7) is 0. The lowest BCUT2D eigenvalue weighted by molar-refractivity contribution is -0.130. The van der Waals surface area contributed by atoms with Gasteiger partial charge in [0.15, 0.2) is 0 Å². The van der Waals surface area contributed by atoms with Gasteiger partial charge in [-0.05, 0) is 35.4 Å². The number of rotatable bonds is 2. The average Bonchev–Trinajstić information content (AvgIpc) is 2.97. The lowest BCUT2D eigenvalue weighted by Crippen LogP contribution is -2.34. The van der Waals surface area contributed by atoms with Crippen molar-refractivity contribution >= 4 is 34.0 Å². The summed E-state index contributed by atoms with van der Waals surface area (Å²) < 4.78 is 0. The van der Waals surface area contributed by atoms with E-state index in [1.54, 1.807) is 7.05 Å². The minimum absolute atomic E-state index is 0.0631. The fraction of sp³-hybridized carbons (Fsp3) is 0.278. The number of amides is 2. The Morgan fingerprint density at radius 1 is 1.09 bits per heavy atom. The normalized spacial score (nSPS) is 16.7. The molecule has 0 radical (unpaired) electrons. The van der Waals surface area contributed by atoms with Crippen LogP contribution in [-0.2, 0) is 22.4 Å². The van der Waals surface area contributed by atoms with Crippen LogP contribution in [0.25, 0.3) is 10.8 Å². The van der Waals surface area contributed by atoms with Gasteiger partial charge >= 0.3 is 0 Å². The van der Waals surface area contributed by atoms with Crippen LogP contribution in [0.3, 0.4) is 0 Å². The Morgan fingerprint density at radius 3 is 2.65 bits per heavy atom. The van der Waals surface area contributed by atoms with Crippen molar-refractivity contribution in [1.29, 1.82) is 0 Å². The van der Waals surface area contributed by atoms with Gasteiger partial charge in [-0.25, -0.2) is 5.01 Å². The van der Waals surface area contributed by atoms with Crippen LogP contribution in [0.1, 0.15) is 24.0 Å². The number of nitrogens with zero attached hydrogens (tertiary/aromatic N) is 2. The number of benzene rings is 2. The van der Waals surface area contributed by atoms with E-state index in [1.807, 2.05) is 18.2 Å². The summed E-state index contributed by atoms with van der Waals surface area (Å²) in [4.78, 5) is 23.9. The van der Waals surface area contributed by atoms with Gasteiger partial charge in [0, 0.05) is 31.0 Å². The van der Waals surface area contributed by atoms with E-state index in [4.69, 9.17) is 0 Å². The zero-order valence-corrected chi connectivity index (χ0v) is 12.9. The van der Waals surface area contributed by atoms with Gasteiger partial charge in [0.2, 0.25) is 5.91 Å². The SMILES string of the molecule is CN1N=C(C(=O)Nc2ccc3c4c(cccc24)CC3)CCC1=O. The van der Waals surface area contributed by atoms with Crippen LogP contribution >= 0.6 is 0 Å². The summed E-state index contributed by atoms with van der Waals surface area (Å²) in [6.07, 6.45) is 2.83. The number of carbonyl (C=O) groups excluding carboxylic acids is 2. The largest absolute Gasteiger partial charge is 0.320 e. The lowest BCUT2D eigenvalue weighted by Gasteiger charge is -2.19. The van der Waals surface area contributed by atoms with Crippen LogP contribution in [0, 0.1) is 0 Å². The summed E-state index contributed by atoms with van der Waals surface area (Å²) in [5, 5.41) is 10.6. The van der Waals surface area contributed by atoms with Gasteiger partial charge < -0.3 is 5.32 Å². The smallest absolute Gasteiger partial charge is 0.271 e. The molecule has 4 rings (SSSR count). The van der Waals surface area contributed by atoms with Gasteiger partial charge in [-0.3, -0.25) is 9.59 Å². The van der Waals surface area contributed by atoms with Crippen LogP contribution in [-0.4, -0.2) is 29.6 Å². The van der Waals surface area contributed by atoms with Crippen LogP contribution in [0.2, 0.25) is 0 Å². The van der Waals surface area contributed by atoms with Crippen molar-refractivity contribution in [3.05, 3.63) is 41.5 Å². The fourth-order valence-electron chi connectivity index (χ4n) is 3.38. The monoisotopic (exact) mass is 307 g/mol. The first-order valence-corrected chi connectivity index (χ1v) is 7.82. The predicted octanol–water partition coefficient (Wildman–Crippen LogP) is 2.49. The zero-order valence-electron chi connectivity index (χ0n) is 12.9. The summed E-state index contributed by atoms with van der Waals surface area (Å²) in [6, 6.07) is 10.3. The molecule has 23 heavy (non-hydrogen) atoms. The summed E-state index contributed by atoms with van der Waals surface area (Å²) in [5.41, 5.74) is 3.89. The highest BCUT2D eigenvalue weighted by atomic mass is 16.2. The van der Waals surface area contributed by atoms with Crippen molar-refractivity contribution in [2.75, 3.05) is 12.4 Å². The third-order valence-corrected chi connectivity index (χ3v) is 4.59. The zero-order chi connectivity index (χ0) is 16.0. The molecule has 2 aromatic rings. The van der Waals surface area contributed by atoms with Crippen molar-refractivity contribution in [2.24, 2.45) is 5.10 Å². The molecule has 5 heteroatoms. The van der Waals surface area contributed by atoms with E-state index in [1.165, 1.54) is 21.5 Å². The average molecular weight is 307 g/mol. The molecule has 0 saturated carbocycles. The minimum atomic E-state index is -0.233. The number of hydrazone groups is 1. The molecule has 0 fully saturated rings. The summed E-state index contributed by atoms with van der Waals surface area (Å²) in [5.74, 6) is -0.296. The molecule has 2 aliphatic rings. The molecule has 1 aliphatic heterocycles. The Morgan fingerprint density at radius 2 is 1.87 bits per heavy atom. The van der Waals surface area contributed by atoms with Gasteiger partial charge in [0.25, 0.3) is 5.91 Å². The van der Waals surface area contributed by atoms with Crippen molar-refractivity contribution < 1.29 is 9.59 Å². The molecule has 1 aliphatic carbocycles. The van der Waals surface area contributed by atoms with Gasteiger partial charge in [0.05, 0.1) is 0 Å². The van der Waals surface area contributed by atoms with E-state index in [9.17, 15) is 9.59 Å². The molecule has 1 heterocycles. The van der Waals surface area contributed by atoms with Crippen LogP contribution < -0.4 is 5.32 Å². The van der Waals surface area contributed by atoms with E-state index < -0.39 is 0 Å². The first-order valence-electron chi connectivity index (χ1n) is 7.82. The van der Waals surface area contributed by atoms with Crippen molar-refractivity contribution in [2.45, 2.75) is 25.7 Å². The first kappa shape index (κ1) is 13.9. The molecular weight excluding hydrogens is 290 g/mol. The molecule has 2 amide bonds. The maximum atomic E-state index is 12.5. The van der Waals surface area contributed by atoms with Crippen LogP contribution in [0.4, 0.5) is 5.69 Å². The standard InChI is InChI=1S/C18H17N3O2/c1-21-16(22)10-9-15(20-21)18(23)19-14-8-7-12-6-5-11-3-2-4-13(14)17(11)12/h2-4,7-8H,5-6,9-10H2,1H3,(H,19,23). The summed E-state index contributed by atoms with van der Waals surface area (Å²) >= 11 is 0. The van der Waals surface area contributed by atoms with E-state index >= 15 is 0 Å². The Balaban J connectivity index is 1.68. The molecule has 5 nitrogen and oxygen atoms in total. The van der Waals surface area contributed by atoms with Gasteiger partial charge in [0.1, 0.15) is 5.71 Å². The first-order chi connectivity index (χ1) is 11.1. The van der Waals surface area contributed by atoms with Crippen LogP contribution in [0.5, 0.6) is 0 Å². The Kier molecular flexibility index (Phi) is 3.15. The molecule has 0 aromatic heterocycles. The molecule has 0 unspecified atom stereocenters. The lowest BCUT2D eigenvalue weighted by atomic mass is 10.0. The highest BCUT2D eigenvalue weighted by molar-refractivity contribution is 6.44. The fourth-order valence-corrected chi connectivity index (χ4v) is 3.38. The number of hydrogen-bond donors (Lipinski definition) is 1. The second-order valence-corrected chi connectivity index (χ2v) is 6.03. The Hall–Kier alpha value is -2.69. The van der Waals surface area contributed by atoms with Gasteiger partial charge in [-0.15, -0.1) is 0 Å². The molecule has 0 saturated heterocycles. The topological polar surface area (TPSA) is 61.8 Å². The molecule has 116 valence electrons. The number of nitrogens with one attached hydrogen (secondary N) is 1. The summed E-state index contributed by atoms with van der Waals surface area (Å²) in [7, 11) is 1.58. The molecule has 1 N–H and O–H groups in total. The van der Waals surface area contributed by atoms with E-state index in [0.717, 1.165) is 23.9 Å². The maximum Gasteiger partial charge on any atom is 0.271 e. The van der Waals surface area contributed by atoms with Gasteiger partial charge in [-0.2, -0.15) is 5.10 Å². The van der Waals surface area contributed by atoms with E-state index in [-0.39, 0.29) is 11.8 Å². The predicted molar refractivity (Wildman–Crippen MR) is 89.4 cm³/mol. The molecule has 0 bridgehead atoms. The Bertz CT molecular complexity index is 860. The van der Waals surface area contributed by atoms with E-state index in [2.05, 4.69) is 22.6 Å². The number of carbonyl (C=O) groups is 2. The number of anilines is 1. The van der Waals surface area contributed by atoms with Crippen molar-refractivity contribution in [3.8, 4) is 0 Å². The molecular formula is C18H17N3O2. The molecule has 2 aromatic carbocycles. The minimum Gasteiger partial charge on any atom is -0.320 e. The number of hydrogen-bond acceptors (Lipinski definition) is 3. The highest BCUT2D eigenvalue weighted by Crippen LogP contribution is 2.35. The maximum absolute atomic E-state index is 12.5. The quantitative estimate of drug-likeness (QED) is 0.926. The van der Waals surface area contributed by atoms with Crippen molar-refractivity contribution in [1.82, 2.24) is 5.01 Å². The van der Waals surface area contributed by atoms with Gasteiger partial charge in [-0.1, -0.05) is 24.3 Å². The third kappa shape index (κ3) is 2.29. The second kappa shape index (κ2) is 5.19.